The standard InChI is InChI=1S/C18H32N4O2S/c1-17(2,3)24-16(23)22-12-14(10-18(22,4)5)8-6-7-9-21-13-15(25-19)11-20-21/h11,13-14H,6-10,12,19H2,1-5H3. The van der Waals surface area contributed by atoms with Crippen LogP contribution < -0.4 is 5.14 Å². The van der Waals surface area contributed by atoms with Crippen LogP contribution in [0, 0.1) is 5.92 Å². The van der Waals surface area contributed by atoms with Crippen molar-refractivity contribution in [1.29, 1.82) is 0 Å². The zero-order valence-corrected chi connectivity index (χ0v) is 16.9. The van der Waals surface area contributed by atoms with Crippen molar-refractivity contribution in [2.75, 3.05) is 6.54 Å². The molecule has 0 spiro atoms. The van der Waals surface area contributed by atoms with Gasteiger partial charge in [-0.25, -0.2) is 4.79 Å². The van der Waals surface area contributed by atoms with E-state index in [2.05, 4.69) is 18.9 Å². The molecular weight excluding hydrogens is 336 g/mol. The summed E-state index contributed by atoms with van der Waals surface area (Å²) in [6, 6.07) is 0. The second-order valence-electron chi connectivity index (χ2n) is 8.53. The Bertz CT molecular complexity index is 580. The highest BCUT2D eigenvalue weighted by Crippen LogP contribution is 2.36. The first-order valence-corrected chi connectivity index (χ1v) is 9.88. The maximum atomic E-state index is 12.4. The molecule has 1 amide bonds. The number of hydrogen-bond donors (Lipinski definition) is 1. The first-order chi connectivity index (χ1) is 11.6. The van der Waals surface area contributed by atoms with E-state index in [1.807, 2.05) is 36.5 Å². The SMILES string of the molecule is CC(C)(C)OC(=O)N1CC(CCCCn2cc(SN)cn2)CC1(C)C. The van der Waals surface area contributed by atoms with E-state index in [0.29, 0.717) is 5.92 Å². The third kappa shape index (κ3) is 5.92. The molecule has 1 aromatic heterocycles. The minimum Gasteiger partial charge on any atom is -0.444 e. The van der Waals surface area contributed by atoms with E-state index in [1.165, 1.54) is 11.9 Å². The number of nitrogens with zero attached hydrogens (tertiary/aromatic N) is 3. The van der Waals surface area contributed by atoms with Gasteiger partial charge in [0.15, 0.2) is 0 Å². The summed E-state index contributed by atoms with van der Waals surface area (Å²) >= 11 is 1.22. The molecule has 1 saturated heterocycles. The van der Waals surface area contributed by atoms with Crippen molar-refractivity contribution in [3.8, 4) is 0 Å². The van der Waals surface area contributed by atoms with Crippen LogP contribution in [0.1, 0.15) is 60.3 Å². The third-order valence-electron chi connectivity index (χ3n) is 4.57. The summed E-state index contributed by atoms with van der Waals surface area (Å²) in [5.41, 5.74) is -0.585. The number of ether oxygens (including phenoxy) is 1. The summed E-state index contributed by atoms with van der Waals surface area (Å²) < 4.78 is 7.51. The van der Waals surface area contributed by atoms with Crippen molar-refractivity contribution in [3.05, 3.63) is 12.4 Å². The molecule has 1 aliphatic heterocycles. The fraction of sp³-hybridized carbons (Fsp3) is 0.778. The molecule has 1 aromatic rings. The Balaban J connectivity index is 1.77. The highest BCUT2D eigenvalue weighted by atomic mass is 32.2. The van der Waals surface area contributed by atoms with Crippen molar-refractivity contribution >= 4 is 18.0 Å². The van der Waals surface area contributed by atoms with Gasteiger partial charge in [0.1, 0.15) is 5.60 Å². The van der Waals surface area contributed by atoms with Crippen molar-refractivity contribution in [1.82, 2.24) is 14.7 Å². The molecule has 2 N–H and O–H groups in total. The van der Waals surface area contributed by atoms with Crippen LogP contribution in [0.15, 0.2) is 17.3 Å². The van der Waals surface area contributed by atoms with Crippen LogP contribution >= 0.6 is 11.9 Å². The largest absolute Gasteiger partial charge is 0.444 e. The predicted octanol–water partition coefficient (Wildman–Crippen LogP) is 4.05. The smallest absolute Gasteiger partial charge is 0.410 e. The number of carbonyl (C=O) groups is 1. The molecule has 142 valence electrons. The second-order valence-corrected chi connectivity index (χ2v) is 9.23. The molecule has 0 aromatic carbocycles. The lowest BCUT2D eigenvalue weighted by Crippen LogP contribution is -2.45. The lowest BCUT2D eigenvalue weighted by Gasteiger charge is -2.33. The Labute approximate surface area is 155 Å². The number of unbranched alkanes of at least 4 members (excludes halogenated alkanes) is 1. The minimum absolute atomic E-state index is 0.137. The lowest BCUT2D eigenvalue weighted by atomic mass is 9.93. The van der Waals surface area contributed by atoms with E-state index in [-0.39, 0.29) is 11.6 Å². The maximum absolute atomic E-state index is 12.4. The van der Waals surface area contributed by atoms with Gasteiger partial charge < -0.3 is 9.64 Å². The Morgan fingerprint density at radius 2 is 2.16 bits per heavy atom. The van der Waals surface area contributed by atoms with Gasteiger partial charge in [0.2, 0.25) is 0 Å². The van der Waals surface area contributed by atoms with E-state index < -0.39 is 5.60 Å². The molecule has 6 nitrogen and oxygen atoms in total. The van der Waals surface area contributed by atoms with E-state index >= 15 is 0 Å². The van der Waals surface area contributed by atoms with Crippen molar-refractivity contribution in [3.63, 3.8) is 0 Å². The Kier molecular flexibility index (Phi) is 6.43. The van der Waals surface area contributed by atoms with Gasteiger partial charge in [0.25, 0.3) is 0 Å². The molecule has 1 atom stereocenters. The zero-order valence-electron chi connectivity index (χ0n) is 16.1. The number of hydrogen-bond acceptors (Lipinski definition) is 5. The van der Waals surface area contributed by atoms with Crippen LogP contribution in [0.4, 0.5) is 4.79 Å². The second kappa shape index (κ2) is 7.99. The topological polar surface area (TPSA) is 73.4 Å². The lowest BCUT2D eigenvalue weighted by molar-refractivity contribution is 0.0131. The molecule has 0 radical (unpaired) electrons. The van der Waals surface area contributed by atoms with Gasteiger partial charge in [-0.1, -0.05) is 6.42 Å². The quantitative estimate of drug-likeness (QED) is 0.605. The molecule has 2 rings (SSSR count). The van der Waals surface area contributed by atoms with Gasteiger partial charge in [-0.3, -0.25) is 9.82 Å². The van der Waals surface area contributed by atoms with Crippen LogP contribution in [0.3, 0.4) is 0 Å². The summed E-state index contributed by atoms with van der Waals surface area (Å²) in [7, 11) is 0. The van der Waals surface area contributed by atoms with Gasteiger partial charge in [-0.2, -0.15) is 5.10 Å². The Morgan fingerprint density at radius 3 is 2.76 bits per heavy atom. The first-order valence-electron chi connectivity index (χ1n) is 9.00. The monoisotopic (exact) mass is 368 g/mol. The molecule has 1 unspecified atom stereocenters. The van der Waals surface area contributed by atoms with Crippen LogP contribution in [0.2, 0.25) is 0 Å². The fourth-order valence-corrected chi connectivity index (χ4v) is 3.74. The van der Waals surface area contributed by atoms with Crippen LogP contribution in [0.5, 0.6) is 0 Å². The molecule has 0 aliphatic carbocycles. The molecule has 0 saturated carbocycles. The number of amides is 1. The van der Waals surface area contributed by atoms with Crippen LogP contribution in [-0.2, 0) is 11.3 Å². The fourth-order valence-electron chi connectivity index (χ4n) is 3.45. The van der Waals surface area contributed by atoms with Gasteiger partial charge >= 0.3 is 6.09 Å². The average Bonchev–Trinajstić information content (AvgIpc) is 3.05. The predicted molar refractivity (Wildman–Crippen MR) is 101 cm³/mol. The van der Waals surface area contributed by atoms with Crippen molar-refractivity contribution < 1.29 is 9.53 Å². The minimum atomic E-state index is -0.449. The summed E-state index contributed by atoms with van der Waals surface area (Å²) in [4.78, 5) is 15.3. The molecule has 25 heavy (non-hydrogen) atoms. The van der Waals surface area contributed by atoms with E-state index in [4.69, 9.17) is 9.88 Å². The third-order valence-corrected chi connectivity index (χ3v) is 5.05. The summed E-state index contributed by atoms with van der Waals surface area (Å²) in [5, 5.41) is 9.82. The normalized spacial score (nSPS) is 20.1. The molecule has 2 heterocycles. The number of aromatic nitrogens is 2. The first kappa shape index (κ1) is 20.1. The van der Waals surface area contributed by atoms with Gasteiger partial charge in [0, 0.05) is 24.8 Å². The number of carbonyl (C=O) groups excluding carboxylic acids is 1. The highest BCUT2D eigenvalue weighted by molar-refractivity contribution is 7.97. The molecular formula is C18H32N4O2S. The van der Waals surface area contributed by atoms with Gasteiger partial charge in [-0.15, -0.1) is 0 Å². The molecule has 0 bridgehead atoms. The van der Waals surface area contributed by atoms with Crippen molar-refractivity contribution in [2.45, 2.75) is 82.9 Å². The van der Waals surface area contributed by atoms with E-state index in [9.17, 15) is 4.79 Å². The number of likely N-dealkylation sites (tertiary alicyclic amines) is 1. The molecule has 1 aliphatic rings. The van der Waals surface area contributed by atoms with Gasteiger partial charge in [-0.05, 0) is 71.7 Å². The Hall–Kier alpha value is -1.21. The summed E-state index contributed by atoms with van der Waals surface area (Å²) in [6.07, 6.45) is 7.96. The highest BCUT2D eigenvalue weighted by Gasteiger charge is 2.42. The summed E-state index contributed by atoms with van der Waals surface area (Å²) in [5.74, 6) is 0.537. The number of nitrogens with two attached hydrogens (primary N) is 1. The Morgan fingerprint density at radius 1 is 1.44 bits per heavy atom. The van der Waals surface area contributed by atoms with Crippen LogP contribution in [-0.4, -0.2) is 38.5 Å². The van der Waals surface area contributed by atoms with E-state index in [1.54, 1.807) is 6.20 Å². The maximum Gasteiger partial charge on any atom is 0.410 e. The molecule has 1 fully saturated rings. The van der Waals surface area contributed by atoms with Gasteiger partial charge in [0.05, 0.1) is 11.1 Å². The number of aryl methyl sites for hydroxylation is 1. The van der Waals surface area contributed by atoms with Crippen molar-refractivity contribution in [2.24, 2.45) is 11.1 Å². The number of rotatable bonds is 6. The summed E-state index contributed by atoms with van der Waals surface area (Å²) in [6.45, 7) is 11.7. The van der Waals surface area contributed by atoms with Crippen LogP contribution in [0.25, 0.3) is 0 Å². The molecule has 7 heteroatoms. The average molecular weight is 369 g/mol. The van der Waals surface area contributed by atoms with E-state index in [0.717, 1.165) is 43.7 Å². The zero-order chi connectivity index (χ0) is 18.7.